The lowest BCUT2D eigenvalue weighted by Crippen LogP contribution is -2.35. The van der Waals surface area contributed by atoms with Gasteiger partial charge in [0.15, 0.2) is 0 Å². The summed E-state index contributed by atoms with van der Waals surface area (Å²) in [5.74, 6) is -7.01. The summed E-state index contributed by atoms with van der Waals surface area (Å²) in [4.78, 5) is 6.15. The van der Waals surface area contributed by atoms with Gasteiger partial charge in [-0.2, -0.15) is 22.0 Å². The van der Waals surface area contributed by atoms with Gasteiger partial charge in [-0.05, 0) is 12.1 Å². The predicted octanol–water partition coefficient (Wildman–Crippen LogP) is 5.24. The molecule has 0 N–H and O–H groups in total. The molecule has 1 heterocycles. The van der Waals surface area contributed by atoms with Crippen molar-refractivity contribution in [2.45, 2.75) is 12.1 Å². The molecule has 0 fully saturated rings. The Morgan fingerprint density at radius 2 is 1.50 bits per heavy atom. The number of alkyl halides is 5. The van der Waals surface area contributed by atoms with Crippen LogP contribution in [0.25, 0.3) is 10.9 Å². The smallest absolute Gasteiger partial charge is 0.225 e. The summed E-state index contributed by atoms with van der Waals surface area (Å²) in [5, 5.41) is -0.719. The largest absolute Gasteiger partial charge is 0.461 e. The number of benzene rings is 1. The Labute approximate surface area is 123 Å². The molecule has 0 saturated heterocycles. The molecule has 0 bridgehead atoms. The highest BCUT2D eigenvalue weighted by Crippen LogP contribution is 2.43. The minimum Gasteiger partial charge on any atom is -0.225 e. The van der Waals surface area contributed by atoms with Gasteiger partial charge in [0.1, 0.15) is 5.15 Å². The molecule has 0 radical (unpaired) electrons. The zero-order valence-electron chi connectivity index (χ0n) is 9.07. The zero-order valence-corrected chi connectivity index (χ0v) is 11.3. The quantitative estimate of drug-likeness (QED) is 0.518. The maximum atomic E-state index is 13.2. The molecule has 2 rings (SSSR count). The highest BCUT2D eigenvalue weighted by atomic mass is 35.5. The maximum Gasteiger partial charge on any atom is 0.461 e. The van der Waals surface area contributed by atoms with E-state index in [1.54, 1.807) is 0 Å². The summed E-state index contributed by atoms with van der Waals surface area (Å²) < 4.78 is 63.3. The van der Waals surface area contributed by atoms with Crippen molar-refractivity contribution in [2.75, 3.05) is 0 Å². The highest BCUT2D eigenvalue weighted by Gasteiger charge is 2.61. The molecular formula is C10H2Cl3F5N2. The summed E-state index contributed by atoms with van der Waals surface area (Å²) in [6.07, 6.45) is -5.84. The topological polar surface area (TPSA) is 25.8 Å². The van der Waals surface area contributed by atoms with Gasteiger partial charge in [-0.15, -0.1) is 0 Å². The fourth-order valence-corrected chi connectivity index (χ4v) is 2.15. The van der Waals surface area contributed by atoms with E-state index in [9.17, 15) is 22.0 Å². The average molecular weight is 351 g/mol. The van der Waals surface area contributed by atoms with Gasteiger partial charge < -0.3 is 0 Å². The molecule has 108 valence electrons. The molecule has 0 atom stereocenters. The minimum absolute atomic E-state index is 0.0223. The second-order valence-electron chi connectivity index (χ2n) is 3.69. The molecule has 1 aromatic heterocycles. The molecule has 0 saturated carbocycles. The summed E-state index contributed by atoms with van der Waals surface area (Å²) >= 11 is 17.0. The number of halogens is 8. The molecule has 0 aliphatic carbocycles. The van der Waals surface area contributed by atoms with E-state index in [1.807, 2.05) is 0 Å². The molecule has 10 heteroatoms. The third-order valence-corrected chi connectivity index (χ3v) is 3.10. The number of aromatic nitrogens is 2. The summed E-state index contributed by atoms with van der Waals surface area (Å²) in [6, 6.07) is 2.35. The van der Waals surface area contributed by atoms with Crippen LogP contribution in [-0.4, -0.2) is 16.1 Å². The van der Waals surface area contributed by atoms with Crippen molar-refractivity contribution in [3.63, 3.8) is 0 Å². The van der Waals surface area contributed by atoms with Crippen molar-refractivity contribution in [1.29, 1.82) is 0 Å². The lowest BCUT2D eigenvalue weighted by Gasteiger charge is -2.18. The Bertz CT molecular complexity index is 687. The zero-order chi connectivity index (χ0) is 15.3. The number of fused-ring (bicyclic) bond motifs is 1. The van der Waals surface area contributed by atoms with Crippen LogP contribution >= 0.6 is 34.8 Å². The third kappa shape index (κ3) is 2.49. The van der Waals surface area contributed by atoms with Gasteiger partial charge in [-0.25, -0.2) is 9.97 Å². The molecule has 0 aliphatic rings. The van der Waals surface area contributed by atoms with Gasteiger partial charge >= 0.3 is 12.1 Å². The average Bonchev–Trinajstić information content (AvgIpc) is 2.28. The summed E-state index contributed by atoms with van der Waals surface area (Å²) in [5.41, 5.74) is -0.338. The number of rotatable bonds is 1. The van der Waals surface area contributed by atoms with Crippen LogP contribution in [0, 0.1) is 0 Å². The van der Waals surface area contributed by atoms with E-state index < -0.39 is 23.1 Å². The number of hydrogen-bond acceptors (Lipinski definition) is 2. The van der Waals surface area contributed by atoms with Gasteiger partial charge in [0, 0.05) is 10.4 Å². The van der Waals surface area contributed by atoms with Crippen LogP contribution in [0.3, 0.4) is 0 Å². The van der Waals surface area contributed by atoms with Gasteiger partial charge in [0.25, 0.3) is 0 Å². The Morgan fingerprint density at radius 1 is 0.900 bits per heavy atom. The fraction of sp³-hybridized carbons (Fsp3) is 0.200. The summed E-state index contributed by atoms with van der Waals surface area (Å²) in [6.45, 7) is 0. The first-order valence-corrected chi connectivity index (χ1v) is 5.94. The van der Waals surface area contributed by atoms with Gasteiger partial charge in [0.05, 0.1) is 10.5 Å². The summed E-state index contributed by atoms with van der Waals surface area (Å²) in [7, 11) is 0. The van der Waals surface area contributed by atoms with Crippen molar-refractivity contribution >= 4 is 45.7 Å². The molecule has 2 nitrogen and oxygen atoms in total. The maximum absolute atomic E-state index is 13.2. The molecule has 1 aromatic carbocycles. The highest BCUT2D eigenvalue weighted by molar-refractivity contribution is 6.40. The Balaban J connectivity index is 2.77. The van der Waals surface area contributed by atoms with Crippen molar-refractivity contribution in [3.05, 3.63) is 33.2 Å². The molecule has 20 heavy (non-hydrogen) atoms. The molecule has 2 aromatic rings. The van der Waals surface area contributed by atoms with E-state index in [4.69, 9.17) is 34.8 Å². The van der Waals surface area contributed by atoms with Crippen LogP contribution < -0.4 is 0 Å². The fourth-order valence-electron chi connectivity index (χ4n) is 1.39. The van der Waals surface area contributed by atoms with Gasteiger partial charge in [-0.1, -0.05) is 34.8 Å². The standard InChI is InChI=1S/C10H2Cl3F5N2/c11-3-1-4-6(5(12)2-3)19-8(20-7(4)13)9(14,15)10(16,17)18/h1-2H. The van der Waals surface area contributed by atoms with Crippen LogP contribution in [0.2, 0.25) is 15.2 Å². The van der Waals surface area contributed by atoms with Crippen LogP contribution in [0.1, 0.15) is 5.82 Å². The first-order valence-electron chi connectivity index (χ1n) is 4.81. The lowest BCUT2D eigenvalue weighted by atomic mass is 10.2. The van der Waals surface area contributed by atoms with Crippen LogP contribution in [0.4, 0.5) is 22.0 Å². The van der Waals surface area contributed by atoms with E-state index in [1.165, 1.54) is 6.07 Å². The van der Waals surface area contributed by atoms with E-state index >= 15 is 0 Å². The van der Waals surface area contributed by atoms with Crippen molar-refractivity contribution < 1.29 is 22.0 Å². The van der Waals surface area contributed by atoms with Crippen LogP contribution in [0.15, 0.2) is 12.1 Å². The second-order valence-corrected chi connectivity index (χ2v) is 4.90. The van der Waals surface area contributed by atoms with Crippen molar-refractivity contribution in [3.8, 4) is 0 Å². The van der Waals surface area contributed by atoms with E-state index in [0.717, 1.165) is 6.07 Å². The third-order valence-electron chi connectivity index (χ3n) is 2.31. The molecule has 0 amide bonds. The first kappa shape index (κ1) is 15.5. The van der Waals surface area contributed by atoms with Crippen molar-refractivity contribution in [2.24, 2.45) is 0 Å². The SMILES string of the molecule is FC(F)(F)C(F)(F)c1nc(Cl)c2cc(Cl)cc(Cl)c2n1. The predicted molar refractivity (Wildman–Crippen MR) is 64.5 cm³/mol. The number of hydrogen-bond donors (Lipinski definition) is 0. The van der Waals surface area contributed by atoms with Crippen LogP contribution in [0.5, 0.6) is 0 Å². The lowest BCUT2D eigenvalue weighted by molar-refractivity contribution is -0.292. The van der Waals surface area contributed by atoms with E-state index in [2.05, 4.69) is 9.97 Å². The first-order chi connectivity index (χ1) is 9.04. The van der Waals surface area contributed by atoms with Crippen molar-refractivity contribution in [1.82, 2.24) is 9.97 Å². The van der Waals surface area contributed by atoms with Gasteiger partial charge in [-0.3, -0.25) is 0 Å². The van der Waals surface area contributed by atoms with Gasteiger partial charge in [0.2, 0.25) is 5.82 Å². The molecular weight excluding hydrogens is 349 g/mol. The Hall–Kier alpha value is -0.920. The monoisotopic (exact) mass is 350 g/mol. The number of nitrogens with zero attached hydrogens (tertiary/aromatic N) is 2. The van der Waals surface area contributed by atoms with Crippen LogP contribution in [-0.2, 0) is 5.92 Å². The molecule has 0 aliphatic heterocycles. The van der Waals surface area contributed by atoms with E-state index in [-0.39, 0.29) is 20.9 Å². The Morgan fingerprint density at radius 3 is 2.05 bits per heavy atom. The molecule has 0 unspecified atom stereocenters. The second kappa shape index (κ2) is 4.82. The normalized spacial score (nSPS) is 13.0. The van der Waals surface area contributed by atoms with E-state index in [0.29, 0.717) is 0 Å². The minimum atomic E-state index is -5.84. The Kier molecular flexibility index (Phi) is 3.73. The molecule has 0 spiro atoms.